The maximum atomic E-state index is 11.5. The third-order valence-electron chi connectivity index (χ3n) is 2.69. The predicted molar refractivity (Wildman–Crippen MR) is 75.4 cm³/mol. The number of anilines is 1. The van der Waals surface area contributed by atoms with Crippen LogP contribution in [-0.4, -0.2) is 20.4 Å². The summed E-state index contributed by atoms with van der Waals surface area (Å²) < 4.78 is 30.4. The van der Waals surface area contributed by atoms with E-state index in [1.807, 2.05) is 0 Å². The van der Waals surface area contributed by atoms with Crippen molar-refractivity contribution in [3.8, 4) is 0 Å². The zero-order valence-corrected chi connectivity index (χ0v) is 11.9. The summed E-state index contributed by atoms with van der Waals surface area (Å²) in [6.07, 6.45) is 0. The van der Waals surface area contributed by atoms with Crippen molar-refractivity contribution in [1.29, 1.82) is 0 Å². The van der Waals surface area contributed by atoms with E-state index in [-0.39, 0.29) is 17.3 Å². The highest BCUT2D eigenvalue weighted by Gasteiger charge is 2.16. The van der Waals surface area contributed by atoms with Gasteiger partial charge < -0.3 is 9.73 Å². The number of nitro benzene ring substituents is 1. The van der Waals surface area contributed by atoms with Gasteiger partial charge in [0.05, 0.1) is 11.5 Å². The second-order valence-electron chi connectivity index (χ2n) is 4.09. The van der Waals surface area contributed by atoms with Crippen molar-refractivity contribution in [3.63, 3.8) is 0 Å². The monoisotopic (exact) mass is 311 g/mol. The summed E-state index contributed by atoms with van der Waals surface area (Å²) in [6.45, 7) is 0.209. The lowest BCUT2D eigenvalue weighted by Crippen LogP contribution is -2.17. The average Bonchev–Trinajstić information content (AvgIpc) is 2.95. The molecule has 0 radical (unpaired) electrons. The quantitative estimate of drug-likeness (QED) is 0.620. The molecule has 0 aliphatic rings. The zero-order chi connectivity index (χ0) is 15.5. The summed E-state index contributed by atoms with van der Waals surface area (Å²) >= 11 is 0. The molecule has 21 heavy (non-hydrogen) atoms. The molecule has 0 amide bonds. The smallest absolute Gasteiger partial charge is 0.273 e. The van der Waals surface area contributed by atoms with Crippen LogP contribution in [0.1, 0.15) is 5.76 Å². The van der Waals surface area contributed by atoms with Crippen LogP contribution in [0.4, 0.5) is 11.4 Å². The minimum Gasteiger partial charge on any atom is -0.446 e. The second kappa shape index (κ2) is 5.94. The fourth-order valence-corrected chi connectivity index (χ4v) is 2.28. The van der Waals surface area contributed by atoms with Crippen molar-refractivity contribution in [2.45, 2.75) is 11.6 Å². The van der Waals surface area contributed by atoms with E-state index in [1.54, 1.807) is 12.1 Å². The van der Waals surface area contributed by atoms with Crippen molar-refractivity contribution in [3.05, 3.63) is 52.3 Å². The Kier molecular flexibility index (Phi) is 4.24. The Morgan fingerprint density at radius 2 is 2.05 bits per heavy atom. The normalized spacial score (nSPS) is 11.3. The topological polar surface area (TPSA) is 114 Å². The molecule has 0 saturated carbocycles. The van der Waals surface area contributed by atoms with Gasteiger partial charge in [-0.05, 0) is 25.2 Å². The molecule has 1 heterocycles. The molecule has 1 aromatic carbocycles. The van der Waals surface area contributed by atoms with Crippen LogP contribution in [0.3, 0.4) is 0 Å². The van der Waals surface area contributed by atoms with Gasteiger partial charge in [0.1, 0.15) is 5.76 Å². The van der Waals surface area contributed by atoms with Gasteiger partial charge in [-0.3, -0.25) is 10.1 Å². The second-order valence-corrected chi connectivity index (χ2v) is 5.91. The molecular formula is C12H13N3O5S. The number of rotatable bonds is 6. The molecular weight excluding hydrogens is 298 g/mol. The Morgan fingerprint density at radius 1 is 1.29 bits per heavy atom. The fourth-order valence-electron chi connectivity index (χ4n) is 1.62. The van der Waals surface area contributed by atoms with Crippen LogP contribution in [0.5, 0.6) is 0 Å². The maximum absolute atomic E-state index is 11.5. The first-order valence-corrected chi connectivity index (χ1v) is 7.41. The number of benzene rings is 1. The van der Waals surface area contributed by atoms with Crippen LogP contribution >= 0.6 is 0 Å². The lowest BCUT2D eigenvalue weighted by Gasteiger charge is -2.04. The number of hydrogen-bond donors (Lipinski definition) is 2. The van der Waals surface area contributed by atoms with Crippen LogP contribution in [0, 0.1) is 10.1 Å². The standard InChI is InChI=1S/C12H13N3O5S/c1-13-21(18,19)12-6-5-11(20-12)8-14-9-3-2-4-10(7-9)15(16)17/h2-7,13-14H,8H2,1H3. The summed E-state index contributed by atoms with van der Waals surface area (Å²) in [6, 6.07) is 8.86. The van der Waals surface area contributed by atoms with Crippen LogP contribution in [0.15, 0.2) is 45.9 Å². The molecule has 0 saturated heterocycles. The molecule has 2 rings (SSSR count). The van der Waals surface area contributed by atoms with Crippen LogP contribution in [0.2, 0.25) is 0 Å². The molecule has 1 aromatic heterocycles. The van der Waals surface area contributed by atoms with Gasteiger partial charge in [-0.1, -0.05) is 6.07 Å². The number of furan rings is 1. The van der Waals surface area contributed by atoms with Crippen LogP contribution < -0.4 is 10.0 Å². The van der Waals surface area contributed by atoms with Crippen molar-refractivity contribution in [2.24, 2.45) is 0 Å². The van der Waals surface area contributed by atoms with Gasteiger partial charge in [0, 0.05) is 17.8 Å². The number of non-ortho nitro benzene ring substituents is 1. The number of nitro groups is 1. The van der Waals surface area contributed by atoms with Crippen molar-refractivity contribution >= 4 is 21.4 Å². The van der Waals surface area contributed by atoms with Gasteiger partial charge in [-0.15, -0.1) is 0 Å². The third kappa shape index (κ3) is 3.58. The van der Waals surface area contributed by atoms with Crippen LogP contribution in [0.25, 0.3) is 0 Å². The summed E-state index contributed by atoms with van der Waals surface area (Å²) in [4.78, 5) is 10.2. The minimum absolute atomic E-state index is 0.0297. The van der Waals surface area contributed by atoms with E-state index in [2.05, 4.69) is 10.0 Å². The van der Waals surface area contributed by atoms with Crippen LogP contribution in [-0.2, 0) is 16.6 Å². The molecule has 8 nitrogen and oxygen atoms in total. The molecule has 2 aromatic rings. The third-order valence-corrected chi connectivity index (χ3v) is 3.98. The molecule has 2 N–H and O–H groups in total. The lowest BCUT2D eigenvalue weighted by atomic mass is 10.3. The summed E-state index contributed by atoms with van der Waals surface area (Å²) in [5.74, 6) is 0.398. The highest BCUT2D eigenvalue weighted by molar-refractivity contribution is 7.89. The number of hydrogen-bond acceptors (Lipinski definition) is 6. The van der Waals surface area contributed by atoms with Gasteiger partial charge in [-0.25, -0.2) is 13.1 Å². The molecule has 0 aliphatic heterocycles. The maximum Gasteiger partial charge on any atom is 0.273 e. The van der Waals surface area contributed by atoms with Gasteiger partial charge in [0.25, 0.3) is 15.7 Å². The highest BCUT2D eigenvalue weighted by atomic mass is 32.2. The van der Waals surface area contributed by atoms with E-state index in [9.17, 15) is 18.5 Å². The first-order valence-electron chi connectivity index (χ1n) is 5.93. The molecule has 0 bridgehead atoms. The van der Waals surface area contributed by atoms with Gasteiger partial charge in [0.15, 0.2) is 0 Å². The summed E-state index contributed by atoms with van der Waals surface area (Å²) in [5.41, 5.74) is 0.511. The van der Waals surface area contributed by atoms with E-state index in [0.29, 0.717) is 11.4 Å². The predicted octanol–water partition coefficient (Wildman–Crippen LogP) is 1.71. The molecule has 112 valence electrons. The molecule has 0 atom stereocenters. The molecule has 0 aliphatic carbocycles. The zero-order valence-electron chi connectivity index (χ0n) is 11.1. The fraction of sp³-hybridized carbons (Fsp3) is 0.167. The Hall–Kier alpha value is -2.39. The first-order chi connectivity index (χ1) is 9.92. The average molecular weight is 311 g/mol. The number of nitrogens with one attached hydrogen (secondary N) is 2. The van der Waals surface area contributed by atoms with Gasteiger partial charge in [-0.2, -0.15) is 0 Å². The Morgan fingerprint density at radius 3 is 2.71 bits per heavy atom. The van der Waals surface area contributed by atoms with Crippen molar-refractivity contribution in [1.82, 2.24) is 4.72 Å². The number of sulfonamides is 1. The van der Waals surface area contributed by atoms with E-state index in [4.69, 9.17) is 4.42 Å². The van der Waals surface area contributed by atoms with E-state index in [0.717, 1.165) is 0 Å². The van der Waals surface area contributed by atoms with Gasteiger partial charge >= 0.3 is 0 Å². The lowest BCUT2D eigenvalue weighted by molar-refractivity contribution is -0.384. The largest absolute Gasteiger partial charge is 0.446 e. The van der Waals surface area contributed by atoms with Crippen molar-refractivity contribution < 1.29 is 17.8 Å². The summed E-state index contributed by atoms with van der Waals surface area (Å²) in [5, 5.41) is 13.4. The Balaban J connectivity index is 2.07. The molecule has 0 spiro atoms. The van der Waals surface area contributed by atoms with Crippen molar-refractivity contribution in [2.75, 3.05) is 12.4 Å². The van der Waals surface area contributed by atoms with E-state index >= 15 is 0 Å². The number of nitrogens with zero attached hydrogens (tertiary/aromatic N) is 1. The highest BCUT2D eigenvalue weighted by Crippen LogP contribution is 2.19. The Labute approximate surface area is 121 Å². The first kappa shape index (κ1) is 15.0. The van der Waals surface area contributed by atoms with E-state index < -0.39 is 14.9 Å². The summed E-state index contributed by atoms with van der Waals surface area (Å²) in [7, 11) is -2.32. The molecule has 0 fully saturated rings. The van der Waals surface area contributed by atoms with Gasteiger partial charge in [0.2, 0.25) is 5.09 Å². The Bertz CT molecular complexity index is 754. The minimum atomic E-state index is -3.61. The molecule has 0 unspecified atom stereocenters. The SMILES string of the molecule is CNS(=O)(=O)c1ccc(CNc2cccc([N+](=O)[O-])c2)o1. The molecule has 9 heteroatoms. The van der Waals surface area contributed by atoms with E-state index in [1.165, 1.54) is 31.3 Å².